The fourth-order valence-electron chi connectivity index (χ4n) is 4.37. The molecule has 39 heavy (non-hydrogen) atoms. The number of allylic oxidation sites excluding steroid dienone is 1. The zero-order chi connectivity index (χ0) is 27.5. The van der Waals surface area contributed by atoms with Gasteiger partial charge in [0.05, 0.1) is 28.5 Å². The number of ether oxygens (including phenoxy) is 2. The average Bonchev–Trinajstić information content (AvgIpc) is 3.23. The summed E-state index contributed by atoms with van der Waals surface area (Å²) in [4.78, 5) is 31.7. The molecular formula is C30H24F2N2O4S. The smallest absolute Gasteiger partial charge is 0.338 e. The van der Waals surface area contributed by atoms with Gasteiger partial charge in [0.25, 0.3) is 5.56 Å². The molecule has 0 radical (unpaired) electrons. The highest BCUT2D eigenvalue weighted by molar-refractivity contribution is 7.07. The quantitative estimate of drug-likeness (QED) is 0.317. The van der Waals surface area contributed by atoms with E-state index in [0.717, 1.165) is 5.56 Å². The van der Waals surface area contributed by atoms with E-state index < -0.39 is 17.8 Å². The number of esters is 1. The lowest BCUT2D eigenvalue weighted by atomic mass is 9.96. The van der Waals surface area contributed by atoms with Crippen molar-refractivity contribution in [3.63, 3.8) is 0 Å². The summed E-state index contributed by atoms with van der Waals surface area (Å²) < 4.78 is 40.1. The predicted octanol–water partition coefficient (Wildman–Crippen LogP) is 4.66. The molecule has 1 aromatic heterocycles. The van der Waals surface area contributed by atoms with Crippen molar-refractivity contribution in [3.05, 3.63) is 132 Å². The molecule has 2 heterocycles. The Morgan fingerprint density at radius 1 is 1.03 bits per heavy atom. The van der Waals surface area contributed by atoms with Crippen LogP contribution in [-0.2, 0) is 16.1 Å². The summed E-state index contributed by atoms with van der Waals surface area (Å²) in [6.45, 7) is 3.77. The van der Waals surface area contributed by atoms with E-state index in [2.05, 4.69) is 4.99 Å². The van der Waals surface area contributed by atoms with Crippen LogP contribution in [0.15, 0.2) is 93.9 Å². The highest BCUT2D eigenvalue weighted by Gasteiger charge is 2.33. The van der Waals surface area contributed by atoms with Crippen molar-refractivity contribution in [2.24, 2.45) is 4.99 Å². The SMILES string of the molecule is CCOC(=O)C1=C(C)N=c2s/c(=C\c3ccccc3OCc3ccc(F)cc3)c(=O)n2[C@H]1c1ccc(F)cc1. The molecule has 0 aliphatic carbocycles. The zero-order valence-electron chi connectivity index (χ0n) is 21.2. The molecule has 0 spiro atoms. The van der Waals surface area contributed by atoms with E-state index in [1.165, 1.54) is 40.2 Å². The Hall–Kier alpha value is -4.37. The van der Waals surface area contributed by atoms with Crippen LogP contribution >= 0.6 is 11.3 Å². The Balaban J connectivity index is 1.59. The summed E-state index contributed by atoms with van der Waals surface area (Å²) >= 11 is 1.18. The van der Waals surface area contributed by atoms with Crippen molar-refractivity contribution in [2.75, 3.05) is 6.61 Å². The van der Waals surface area contributed by atoms with Crippen molar-refractivity contribution in [1.82, 2.24) is 4.57 Å². The molecule has 1 aliphatic rings. The minimum absolute atomic E-state index is 0.158. The number of hydrogen-bond donors (Lipinski definition) is 0. The van der Waals surface area contributed by atoms with Gasteiger partial charge in [0, 0.05) is 5.56 Å². The number of aromatic nitrogens is 1. The first kappa shape index (κ1) is 26.2. The zero-order valence-corrected chi connectivity index (χ0v) is 22.0. The fourth-order valence-corrected chi connectivity index (χ4v) is 5.40. The Labute approximate surface area is 226 Å². The van der Waals surface area contributed by atoms with Crippen LogP contribution in [0.4, 0.5) is 8.78 Å². The molecule has 0 unspecified atom stereocenters. The van der Waals surface area contributed by atoms with Gasteiger partial charge in [-0.1, -0.05) is 53.8 Å². The van der Waals surface area contributed by atoms with E-state index in [-0.39, 0.29) is 30.2 Å². The van der Waals surface area contributed by atoms with E-state index in [1.807, 2.05) is 18.2 Å². The van der Waals surface area contributed by atoms with E-state index in [0.29, 0.717) is 31.9 Å². The normalized spacial score (nSPS) is 15.1. The minimum Gasteiger partial charge on any atom is -0.488 e. The maximum atomic E-state index is 13.8. The average molecular weight is 547 g/mol. The van der Waals surface area contributed by atoms with E-state index >= 15 is 0 Å². The molecule has 0 fully saturated rings. The summed E-state index contributed by atoms with van der Waals surface area (Å²) in [6.07, 6.45) is 1.72. The summed E-state index contributed by atoms with van der Waals surface area (Å²) in [6, 6.07) is 18.2. The molecule has 0 amide bonds. The number of thiazole rings is 1. The summed E-state index contributed by atoms with van der Waals surface area (Å²) in [7, 11) is 0. The summed E-state index contributed by atoms with van der Waals surface area (Å²) in [5.74, 6) is -0.787. The second kappa shape index (κ2) is 11.2. The lowest BCUT2D eigenvalue weighted by molar-refractivity contribution is -0.139. The van der Waals surface area contributed by atoms with Crippen molar-refractivity contribution >= 4 is 23.4 Å². The van der Waals surface area contributed by atoms with Gasteiger partial charge < -0.3 is 9.47 Å². The molecule has 0 saturated carbocycles. The molecule has 3 aromatic carbocycles. The Kier molecular flexibility index (Phi) is 7.51. The van der Waals surface area contributed by atoms with Crippen LogP contribution in [0.1, 0.15) is 36.6 Å². The largest absolute Gasteiger partial charge is 0.488 e. The van der Waals surface area contributed by atoms with Crippen LogP contribution in [0.3, 0.4) is 0 Å². The molecule has 6 nitrogen and oxygen atoms in total. The maximum absolute atomic E-state index is 13.8. The number of carbonyl (C=O) groups excluding carboxylic acids is 1. The number of rotatable bonds is 7. The van der Waals surface area contributed by atoms with E-state index in [1.54, 1.807) is 50.3 Å². The van der Waals surface area contributed by atoms with Crippen LogP contribution in [0.5, 0.6) is 5.75 Å². The van der Waals surface area contributed by atoms with Gasteiger partial charge in [-0.2, -0.15) is 0 Å². The predicted molar refractivity (Wildman–Crippen MR) is 144 cm³/mol. The van der Waals surface area contributed by atoms with Gasteiger partial charge in [-0.25, -0.2) is 18.6 Å². The van der Waals surface area contributed by atoms with Crippen LogP contribution in [0, 0.1) is 11.6 Å². The standard InChI is InChI=1S/C30H24F2N2O4S/c1-3-37-29(36)26-18(2)33-30-34(27(26)20-10-14-23(32)15-11-20)28(35)25(39-30)16-21-6-4-5-7-24(21)38-17-19-8-12-22(31)13-9-19/h4-16,27H,3,17H2,1-2H3/b25-16-/t27-/m0/s1. The number of halogens is 2. The first-order valence-electron chi connectivity index (χ1n) is 12.3. The molecule has 0 saturated heterocycles. The Morgan fingerprint density at radius 2 is 1.69 bits per heavy atom. The number of carbonyl (C=O) groups is 1. The first-order chi connectivity index (χ1) is 18.9. The van der Waals surface area contributed by atoms with Crippen LogP contribution < -0.4 is 19.6 Å². The number of fused-ring (bicyclic) bond motifs is 1. The molecule has 4 aromatic rings. The molecule has 1 atom stereocenters. The summed E-state index contributed by atoms with van der Waals surface area (Å²) in [5.41, 5.74) is 2.33. The Morgan fingerprint density at radius 3 is 2.38 bits per heavy atom. The molecular weight excluding hydrogens is 522 g/mol. The van der Waals surface area contributed by atoms with Gasteiger partial charge in [-0.15, -0.1) is 0 Å². The second-order valence-corrected chi connectivity index (χ2v) is 9.82. The minimum atomic E-state index is -0.826. The fraction of sp³-hybridized carbons (Fsp3) is 0.167. The first-order valence-corrected chi connectivity index (χ1v) is 13.1. The molecule has 5 rings (SSSR count). The highest BCUT2D eigenvalue weighted by atomic mass is 32.1. The third kappa shape index (κ3) is 5.44. The van der Waals surface area contributed by atoms with Gasteiger partial charge in [-0.05, 0) is 61.4 Å². The van der Waals surface area contributed by atoms with Gasteiger partial charge in [0.1, 0.15) is 24.0 Å². The van der Waals surface area contributed by atoms with Crippen LogP contribution in [-0.4, -0.2) is 17.1 Å². The number of para-hydroxylation sites is 1. The highest BCUT2D eigenvalue weighted by Crippen LogP contribution is 2.31. The maximum Gasteiger partial charge on any atom is 0.338 e. The molecule has 198 valence electrons. The van der Waals surface area contributed by atoms with Gasteiger partial charge in [0.2, 0.25) is 0 Å². The number of hydrogen-bond acceptors (Lipinski definition) is 6. The topological polar surface area (TPSA) is 69.9 Å². The van der Waals surface area contributed by atoms with E-state index in [9.17, 15) is 18.4 Å². The van der Waals surface area contributed by atoms with Crippen molar-refractivity contribution in [3.8, 4) is 5.75 Å². The molecule has 0 N–H and O–H groups in total. The lowest BCUT2D eigenvalue weighted by Crippen LogP contribution is -2.39. The van der Waals surface area contributed by atoms with Gasteiger partial charge in [0.15, 0.2) is 4.80 Å². The third-order valence-corrected chi connectivity index (χ3v) is 7.20. The number of nitrogens with zero attached hydrogens (tertiary/aromatic N) is 2. The van der Waals surface area contributed by atoms with Gasteiger partial charge in [-0.3, -0.25) is 9.36 Å². The van der Waals surface area contributed by atoms with Crippen molar-refractivity contribution < 1.29 is 23.0 Å². The monoisotopic (exact) mass is 546 g/mol. The number of benzene rings is 3. The Bertz CT molecular complexity index is 1740. The van der Waals surface area contributed by atoms with Crippen LogP contribution in [0.2, 0.25) is 0 Å². The molecule has 9 heteroatoms. The van der Waals surface area contributed by atoms with Crippen molar-refractivity contribution in [2.45, 2.75) is 26.5 Å². The lowest BCUT2D eigenvalue weighted by Gasteiger charge is -2.24. The molecule has 1 aliphatic heterocycles. The van der Waals surface area contributed by atoms with Crippen molar-refractivity contribution in [1.29, 1.82) is 0 Å². The van der Waals surface area contributed by atoms with Crippen LogP contribution in [0.25, 0.3) is 6.08 Å². The third-order valence-electron chi connectivity index (χ3n) is 6.22. The second-order valence-electron chi connectivity index (χ2n) is 8.81. The van der Waals surface area contributed by atoms with E-state index in [4.69, 9.17) is 9.47 Å². The summed E-state index contributed by atoms with van der Waals surface area (Å²) in [5, 5.41) is 0. The van der Waals surface area contributed by atoms with Gasteiger partial charge >= 0.3 is 5.97 Å². The molecule has 0 bridgehead atoms.